The summed E-state index contributed by atoms with van der Waals surface area (Å²) in [4.78, 5) is 26.8. The van der Waals surface area contributed by atoms with Gasteiger partial charge in [0.1, 0.15) is 49.2 Å². The smallest absolute Gasteiger partial charge is 0.156 e. The van der Waals surface area contributed by atoms with Gasteiger partial charge in [-0.05, 0) is 48.4 Å². The predicted octanol–water partition coefficient (Wildman–Crippen LogP) is 7.33. The van der Waals surface area contributed by atoms with E-state index < -0.39 is 16.1 Å². The van der Waals surface area contributed by atoms with Crippen LogP contribution in [0.5, 0.6) is 0 Å². The van der Waals surface area contributed by atoms with Gasteiger partial charge in [0.05, 0.1) is 11.1 Å². The molecule has 4 aromatic heterocycles. The minimum absolute atomic E-state index is 0.749. The third-order valence-corrected chi connectivity index (χ3v) is 18.1. The first-order chi connectivity index (χ1) is 18.5. The fourth-order valence-corrected chi connectivity index (χ4v) is 10.2. The maximum absolute atomic E-state index is 5.08. The van der Waals surface area contributed by atoms with Gasteiger partial charge in [-0.1, -0.05) is 53.4 Å². The summed E-state index contributed by atoms with van der Waals surface area (Å²) in [5, 5.41) is 0. The quantitative estimate of drug-likeness (QED) is 0.135. The Morgan fingerprint density at radius 3 is 1.24 bits per heavy atom. The first kappa shape index (κ1) is 26.2. The Labute approximate surface area is 226 Å². The Bertz CT molecular complexity index is 1530. The SMILES string of the molecule is CC[Si](C#Cc1c2nc3cc[nH]c3nc2c(C#C[Si](CC)(CC)CC)c2nc3cc[nH]c3nc12)(CC)CC. The largest absolute Gasteiger partial charge is 0.345 e. The monoisotopic (exact) mass is 536 g/mol. The van der Waals surface area contributed by atoms with E-state index in [0.717, 1.165) is 91.8 Å². The Balaban J connectivity index is 1.96. The third kappa shape index (κ3) is 4.32. The van der Waals surface area contributed by atoms with Crippen LogP contribution in [0.25, 0.3) is 44.4 Å². The normalized spacial score (nSPS) is 12.2. The van der Waals surface area contributed by atoms with Crippen LogP contribution in [0.2, 0.25) is 36.3 Å². The fourth-order valence-electron chi connectivity index (χ4n) is 5.32. The number of benzene rings is 1. The molecule has 1 aromatic carbocycles. The summed E-state index contributed by atoms with van der Waals surface area (Å²) < 4.78 is 0. The number of hydrogen-bond acceptors (Lipinski definition) is 4. The van der Waals surface area contributed by atoms with Crippen molar-refractivity contribution in [3.8, 4) is 22.9 Å². The second kappa shape index (κ2) is 10.4. The number of rotatable bonds is 6. The van der Waals surface area contributed by atoms with Crippen LogP contribution in [-0.4, -0.2) is 46.1 Å². The van der Waals surface area contributed by atoms with Crippen molar-refractivity contribution in [1.29, 1.82) is 0 Å². The van der Waals surface area contributed by atoms with Crippen LogP contribution in [-0.2, 0) is 0 Å². The zero-order valence-electron chi connectivity index (χ0n) is 23.3. The molecule has 0 aliphatic carbocycles. The van der Waals surface area contributed by atoms with Crippen molar-refractivity contribution in [1.82, 2.24) is 29.9 Å². The maximum atomic E-state index is 5.08. The zero-order valence-corrected chi connectivity index (χ0v) is 25.3. The van der Waals surface area contributed by atoms with Gasteiger partial charge in [-0.3, -0.25) is 0 Å². The average Bonchev–Trinajstić information content (AvgIpc) is 3.62. The summed E-state index contributed by atoms with van der Waals surface area (Å²) in [6.07, 6.45) is 3.76. The summed E-state index contributed by atoms with van der Waals surface area (Å²) in [5.41, 5.74) is 15.4. The molecule has 0 atom stereocenters. The van der Waals surface area contributed by atoms with Gasteiger partial charge < -0.3 is 9.97 Å². The van der Waals surface area contributed by atoms with Crippen molar-refractivity contribution in [3.63, 3.8) is 0 Å². The van der Waals surface area contributed by atoms with Crippen molar-refractivity contribution in [2.24, 2.45) is 0 Å². The minimum atomic E-state index is -1.72. The summed E-state index contributed by atoms with van der Waals surface area (Å²) in [7, 11) is -3.44. The maximum Gasteiger partial charge on any atom is 0.156 e. The van der Waals surface area contributed by atoms with Gasteiger partial charge in [0, 0.05) is 12.4 Å². The summed E-state index contributed by atoms with van der Waals surface area (Å²) in [6.45, 7) is 13.7. The Hall–Kier alpha value is -3.47. The van der Waals surface area contributed by atoms with Crippen molar-refractivity contribution in [3.05, 3.63) is 35.7 Å². The molecular weight excluding hydrogens is 501 g/mol. The standard InChI is InChI=1S/C30H36N6Si2/c1-7-37(8-2,9-3)19-15-21-25-28(36-30-23(33-25)13-17-32-30)22(16-20-38(10-4,11-5)12-6)26-27(21)35-29-24(34-26)14-18-31-29/h13-14,17-18H,7-12H2,1-6H3,(H,31,35)(H,32,36). The summed E-state index contributed by atoms with van der Waals surface area (Å²) in [5.74, 6) is 7.23. The van der Waals surface area contributed by atoms with E-state index in [1.54, 1.807) is 0 Å². The topological polar surface area (TPSA) is 83.1 Å². The molecule has 194 valence electrons. The highest BCUT2D eigenvalue weighted by atomic mass is 28.3. The van der Waals surface area contributed by atoms with Crippen LogP contribution >= 0.6 is 0 Å². The van der Waals surface area contributed by atoms with Crippen LogP contribution in [0.3, 0.4) is 0 Å². The van der Waals surface area contributed by atoms with Crippen LogP contribution in [0, 0.1) is 22.9 Å². The lowest BCUT2D eigenvalue weighted by atomic mass is 10.0. The molecule has 0 spiro atoms. The second-order valence-electron chi connectivity index (χ2n) is 10.2. The first-order valence-electron chi connectivity index (χ1n) is 14.0. The van der Waals surface area contributed by atoms with Crippen LogP contribution in [0.15, 0.2) is 24.5 Å². The Kier molecular flexibility index (Phi) is 7.13. The van der Waals surface area contributed by atoms with E-state index in [2.05, 4.69) is 74.4 Å². The molecule has 4 heterocycles. The van der Waals surface area contributed by atoms with Crippen LogP contribution in [0.4, 0.5) is 0 Å². The molecule has 0 bridgehead atoms. The number of aromatic amines is 2. The predicted molar refractivity (Wildman–Crippen MR) is 164 cm³/mol. The van der Waals surface area contributed by atoms with E-state index in [1.165, 1.54) is 0 Å². The molecule has 0 fully saturated rings. The van der Waals surface area contributed by atoms with Crippen molar-refractivity contribution in [2.45, 2.75) is 77.8 Å². The first-order valence-corrected chi connectivity index (χ1v) is 19.2. The van der Waals surface area contributed by atoms with Crippen LogP contribution < -0.4 is 0 Å². The minimum Gasteiger partial charge on any atom is -0.345 e. The average molecular weight is 537 g/mol. The van der Waals surface area contributed by atoms with Crippen molar-refractivity contribution < 1.29 is 0 Å². The number of H-pyrrole nitrogens is 2. The molecule has 0 aliphatic rings. The van der Waals surface area contributed by atoms with Gasteiger partial charge in [-0.15, -0.1) is 11.1 Å². The molecule has 0 aliphatic heterocycles. The van der Waals surface area contributed by atoms with Crippen molar-refractivity contribution in [2.75, 3.05) is 0 Å². The summed E-state index contributed by atoms with van der Waals surface area (Å²) in [6, 6.07) is 10.7. The number of hydrogen-bond donors (Lipinski definition) is 2. The van der Waals surface area contributed by atoms with Gasteiger partial charge in [0.15, 0.2) is 11.3 Å². The molecule has 0 saturated carbocycles. The third-order valence-electron chi connectivity index (χ3n) is 8.68. The molecule has 0 radical (unpaired) electrons. The molecule has 0 unspecified atom stereocenters. The van der Waals surface area contributed by atoms with E-state index in [-0.39, 0.29) is 0 Å². The van der Waals surface area contributed by atoms with E-state index in [0.29, 0.717) is 0 Å². The number of aromatic nitrogens is 6. The fraction of sp³-hybridized carbons (Fsp3) is 0.400. The number of fused-ring (bicyclic) bond motifs is 4. The summed E-state index contributed by atoms with van der Waals surface area (Å²) >= 11 is 0. The van der Waals surface area contributed by atoms with Crippen LogP contribution in [0.1, 0.15) is 52.7 Å². The lowest BCUT2D eigenvalue weighted by Crippen LogP contribution is -2.29. The molecule has 8 heteroatoms. The molecule has 2 N–H and O–H groups in total. The highest BCUT2D eigenvalue weighted by Gasteiger charge is 2.27. The van der Waals surface area contributed by atoms with E-state index >= 15 is 0 Å². The van der Waals surface area contributed by atoms with E-state index in [1.807, 2.05) is 24.5 Å². The lowest BCUT2D eigenvalue weighted by Gasteiger charge is -2.20. The van der Waals surface area contributed by atoms with Gasteiger partial charge in [-0.2, -0.15) is 0 Å². The van der Waals surface area contributed by atoms with E-state index in [4.69, 9.17) is 19.9 Å². The molecular formula is C30H36N6Si2. The molecule has 5 aromatic rings. The molecule has 6 nitrogen and oxygen atoms in total. The highest BCUT2D eigenvalue weighted by molar-refractivity contribution is 6.87. The lowest BCUT2D eigenvalue weighted by molar-refractivity contribution is 1.20. The zero-order chi connectivity index (χ0) is 26.9. The van der Waals surface area contributed by atoms with Crippen molar-refractivity contribution >= 4 is 60.5 Å². The van der Waals surface area contributed by atoms with Gasteiger partial charge in [0.2, 0.25) is 0 Å². The van der Waals surface area contributed by atoms with Gasteiger partial charge >= 0.3 is 0 Å². The molecule has 0 saturated heterocycles. The molecule has 0 amide bonds. The Morgan fingerprint density at radius 2 is 0.895 bits per heavy atom. The Morgan fingerprint density at radius 1 is 0.553 bits per heavy atom. The van der Waals surface area contributed by atoms with E-state index in [9.17, 15) is 0 Å². The number of nitrogens with one attached hydrogen (secondary N) is 2. The molecule has 38 heavy (non-hydrogen) atoms. The highest BCUT2D eigenvalue weighted by Crippen LogP contribution is 2.32. The van der Waals surface area contributed by atoms with Gasteiger partial charge in [0.25, 0.3) is 0 Å². The number of nitrogens with zero attached hydrogens (tertiary/aromatic N) is 4. The second-order valence-corrected chi connectivity index (χ2v) is 20.1. The molecule has 5 rings (SSSR count). The van der Waals surface area contributed by atoms with Gasteiger partial charge in [-0.25, -0.2) is 19.9 Å².